The lowest BCUT2D eigenvalue weighted by atomic mass is 10.1. The third-order valence-corrected chi connectivity index (χ3v) is 2.64. The van der Waals surface area contributed by atoms with Gasteiger partial charge in [0.25, 0.3) is 0 Å². The molecule has 0 radical (unpaired) electrons. The van der Waals surface area contributed by atoms with Gasteiger partial charge in [-0.15, -0.1) is 0 Å². The van der Waals surface area contributed by atoms with Gasteiger partial charge >= 0.3 is 24.0 Å². The minimum absolute atomic E-state index is 0.109. The third kappa shape index (κ3) is 3.21. The van der Waals surface area contributed by atoms with Crippen LogP contribution in [-0.4, -0.2) is 31.1 Å². The number of halogens is 8. The number of hydrogen-bond donors (Lipinski definition) is 0. The lowest BCUT2D eigenvalue weighted by Gasteiger charge is -2.26. The molecular formula is C11H6ClF7O3. The molecule has 0 N–H and O–H groups in total. The van der Waals surface area contributed by atoms with Crippen LogP contribution in [0.3, 0.4) is 0 Å². The summed E-state index contributed by atoms with van der Waals surface area (Å²) in [6.45, 7) is 0. The van der Waals surface area contributed by atoms with Crippen LogP contribution in [0.2, 0.25) is 5.02 Å². The first-order valence-electron chi connectivity index (χ1n) is 5.22. The fourth-order valence-electron chi connectivity index (χ4n) is 1.16. The van der Waals surface area contributed by atoms with Crippen molar-refractivity contribution in [3.8, 4) is 11.5 Å². The molecular weight excluding hydrogens is 349 g/mol. The fraction of sp³-hybridized carbons (Fsp3) is 0.364. The summed E-state index contributed by atoms with van der Waals surface area (Å²) in [7, 11) is 1.22. The molecule has 0 fully saturated rings. The van der Waals surface area contributed by atoms with Crippen LogP contribution in [0.4, 0.5) is 30.7 Å². The molecule has 0 bridgehead atoms. The Bertz CT molecular complexity index is 571. The van der Waals surface area contributed by atoms with Crippen LogP contribution in [0, 0.1) is 0 Å². The summed E-state index contributed by atoms with van der Waals surface area (Å²) in [4.78, 5) is 11.0. The van der Waals surface area contributed by atoms with E-state index >= 15 is 0 Å². The average molecular weight is 355 g/mol. The maximum absolute atomic E-state index is 13.0. The van der Waals surface area contributed by atoms with Gasteiger partial charge in [0.15, 0.2) is 0 Å². The van der Waals surface area contributed by atoms with Crippen LogP contribution >= 0.6 is 11.6 Å². The van der Waals surface area contributed by atoms with Crippen LogP contribution in [0.5, 0.6) is 11.5 Å². The fourth-order valence-corrected chi connectivity index (χ4v) is 1.37. The number of alkyl halides is 7. The highest BCUT2D eigenvalue weighted by atomic mass is 35.5. The van der Waals surface area contributed by atoms with Gasteiger partial charge in [-0.05, 0) is 12.1 Å². The van der Waals surface area contributed by atoms with E-state index in [0.29, 0.717) is 0 Å². The van der Waals surface area contributed by atoms with Crippen molar-refractivity contribution >= 4 is 17.6 Å². The number of esters is 1. The Kier molecular flexibility index (Phi) is 4.85. The SMILES string of the molecule is COc1ccc(OC(=O)C(F)(F)C(F)(F)C(F)(F)F)c(Cl)c1. The minimum Gasteiger partial charge on any atom is -0.497 e. The van der Waals surface area contributed by atoms with Crippen LogP contribution in [0.25, 0.3) is 0 Å². The van der Waals surface area contributed by atoms with Gasteiger partial charge in [-0.25, -0.2) is 4.79 Å². The summed E-state index contributed by atoms with van der Waals surface area (Å²) in [6, 6.07) is 2.83. The van der Waals surface area contributed by atoms with Crippen molar-refractivity contribution in [2.45, 2.75) is 18.0 Å². The molecule has 0 saturated heterocycles. The molecule has 3 nitrogen and oxygen atoms in total. The smallest absolute Gasteiger partial charge is 0.460 e. The molecule has 0 spiro atoms. The van der Waals surface area contributed by atoms with Gasteiger partial charge in [-0.2, -0.15) is 30.7 Å². The Labute approximate surface area is 123 Å². The molecule has 11 heteroatoms. The quantitative estimate of drug-likeness (QED) is 0.464. The van der Waals surface area contributed by atoms with Crippen LogP contribution in [0.15, 0.2) is 18.2 Å². The van der Waals surface area contributed by atoms with E-state index in [1.165, 1.54) is 7.11 Å². The number of benzene rings is 1. The first-order valence-corrected chi connectivity index (χ1v) is 5.60. The summed E-state index contributed by atoms with van der Waals surface area (Å²) < 4.78 is 95.7. The predicted molar refractivity (Wildman–Crippen MR) is 59.6 cm³/mol. The topological polar surface area (TPSA) is 35.5 Å². The van der Waals surface area contributed by atoms with Crippen molar-refractivity contribution in [3.05, 3.63) is 23.2 Å². The van der Waals surface area contributed by atoms with Crippen molar-refractivity contribution in [1.29, 1.82) is 0 Å². The number of carbonyl (C=O) groups is 1. The highest BCUT2D eigenvalue weighted by Gasteiger charge is 2.77. The van der Waals surface area contributed by atoms with Gasteiger partial charge in [-0.1, -0.05) is 11.6 Å². The van der Waals surface area contributed by atoms with Gasteiger partial charge in [0, 0.05) is 6.07 Å². The van der Waals surface area contributed by atoms with Crippen LogP contribution in [-0.2, 0) is 4.79 Å². The van der Waals surface area contributed by atoms with E-state index in [1.54, 1.807) is 0 Å². The maximum Gasteiger partial charge on any atom is 0.460 e. The molecule has 1 rings (SSSR count). The number of methoxy groups -OCH3 is 1. The highest BCUT2D eigenvalue weighted by molar-refractivity contribution is 6.32. The Hall–Kier alpha value is -1.71. The third-order valence-electron chi connectivity index (χ3n) is 2.35. The molecule has 1 aromatic rings. The van der Waals surface area contributed by atoms with E-state index in [4.69, 9.17) is 11.6 Å². The monoisotopic (exact) mass is 354 g/mol. The summed E-state index contributed by atoms with van der Waals surface area (Å²) in [5.41, 5.74) is 0. The molecule has 0 aliphatic carbocycles. The van der Waals surface area contributed by atoms with Gasteiger partial charge in [-0.3, -0.25) is 0 Å². The lowest BCUT2D eigenvalue weighted by molar-refractivity contribution is -0.346. The Morgan fingerprint density at radius 3 is 2.05 bits per heavy atom. The second-order valence-corrected chi connectivity index (χ2v) is 4.24. The summed E-state index contributed by atoms with van der Waals surface area (Å²) in [6.07, 6.45) is -6.64. The van der Waals surface area contributed by atoms with E-state index in [1.807, 2.05) is 0 Å². The zero-order chi connectivity index (χ0) is 17.3. The molecule has 124 valence electrons. The van der Waals surface area contributed by atoms with Crippen molar-refractivity contribution in [1.82, 2.24) is 0 Å². The standard InChI is InChI=1S/C11H6ClF7O3/c1-21-5-2-3-7(6(12)4-5)22-8(20)9(13,14)10(15,16)11(17,18)19/h2-4H,1H3. The molecule has 0 amide bonds. The molecule has 0 heterocycles. The van der Waals surface area contributed by atoms with Crippen LogP contribution < -0.4 is 9.47 Å². The first-order chi connectivity index (χ1) is 9.84. The summed E-state index contributed by atoms with van der Waals surface area (Å²) in [5, 5.41) is -0.501. The molecule has 0 unspecified atom stereocenters. The zero-order valence-corrected chi connectivity index (χ0v) is 11.2. The Balaban J connectivity index is 3.06. The average Bonchev–Trinajstić information content (AvgIpc) is 2.39. The summed E-state index contributed by atoms with van der Waals surface area (Å²) >= 11 is 5.49. The molecule has 0 aliphatic rings. The second kappa shape index (κ2) is 5.82. The van der Waals surface area contributed by atoms with Gasteiger partial charge < -0.3 is 9.47 Å². The number of rotatable bonds is 4. The molecule has 1 aromatic carbocycles. The molecule has 0 saturated carbocycles. The van der Waals surface area contributed by atoms with E-state index in [-0.39, 0.29) is 5.75 Å². The zero-order valence-electron chi connectivity index (χ0n) is 10.5. The maximum atomic E-state index is 13.0. The van der Waals surface area contributed by atoms with Crippen molar-refractivity contribution < 1.29 is 45.0 Å². The van der Waals surface area contributed by atoms with E-state index in [0.717, 1.165) is 18.2 Å². The van der Waals surface area contributed by atoms with E-state index in [2.05, 4.69) is 9.47 Å². The second-order valence-electron chi connectivity index (χ2n) is 3.83. The lowest BCUT2D eigenvalue weighted by Crippen LogP contribution is -2.57. The van der Waals surface area contributed by atoms with Crippen molar-refractivity contribution in [2.24, 2.45) is 0 Å². The Morgan fingerprint density at radius 1 is 1.09 bits per heavy atom. The van der Waals surface area contributed by atoms with Crippen molar-refractivity contribution in [2.75, 3.05) is 7.11 Å². The normalized spacial score (nSPS) is 13.0. The molecule has 0 aromatic heterocycles. The van der Waals surface area contributed by atoms with E-state index in [9.17, 15) is 35.5 Å². The molecule has 0 atom stereocenters. The molecule has 0 aliphatic heterocycles. The highest BCUT2D eigenvalue weighted by Crippen LogP contribution is 2.47. The number of carbonyl (C=O) groups excluding carboxylic acids is 1. The first kappa shape index (κ1) is 18.3. The van der Waals surface area contributed by atoms with E-state index < -0.39 is 34.8 Å². The van der Waals surface area contributed by atoms with Gasteiger partial charge in [0.1, 0.15) is 11.5 Å². The largest absolute Gasteiger partial charge is 0.497 e. The van der Waals surface area contributed by atoms with Crippen LogP contribution in [0.1, 0.15) is 0 Å². The number of hydrogen-bond acceptors (Lipinski definition) is 3. The summed E-state index contributed by atoms with van der Waals surface area (Å²) in [5.74, 6) is -16.5. The molecule has 22 heavy (non-hydrogen) atoms. The minimum atomic E-state index is -6.64. The van der Waals surface area contributed by atoms with Gasteiger partial charge in [0.2, 0.25) is 0 Å². The predicted octanol–water partition coefficient (Wildman–Crippen LogP) is 4.09. The Morgan fingerprint density at radius 2 is 1.64 bits per heavy atom. The number of ether oxygens (including phenoxy) is 2. The van der Waals surface area contributed by atoms with Gasteiger partial charge in [0.05, 0.1) is 12.1 Å². The van der Waals surface area contributed by atoms with Crippen molar-refractivity contribution in [3.63, 3.8) is 0 Å².